The molecule has 4 nitrogen and oxygen atoms in total. The van der Waals surface area contributed by atoms with Gasteiger partial charge in [-0.25, -0.2) is 9.98 Å². The van der Waals surface area contributed by atoms with Gasteiger partial charge < -0.3 is 5.21 Å². The fraction of sp³-hybridized carbons (Fsp3) is 0.333. The molecule has 268 valence electrons. The van der Waals surface area contributed by atoms with Crippen molar-refractivity contribution in [2.75, 3.05) is 0 Å². The summed E-state index contributed by atoms with van der Waals surface area (Å²) in [4.78, 5) is 10.4. The lowest BCUT2D eigenvalue weighted by Gasteiger charge is -2.19. The van der Waals surface area contributed by atoms with Gasteiger partial charge in [-0.3, -0.25) is 0 Å². The number of hydrogen-bond donors (Lipinski definition) is 1. The molecule has 4 aromatic carbocycles. The summed E-state index contributed by atoms with van der Waals surface area (Å²) in [6, 6.07) is 36.5. The van der Waals surface area contributed by atoms with Crippen molar-refractivity contribution in [1.29, 1.82) is 0 Å². The number of amidine groups is 1. The van der Waals surface area contributed by atoms with Gasteiger partial charge in [-0.2, -0.15) is 4.73 Å². The zero-order valence-electron chi connectivity index (χ0n) is 33.2. The molecule has 52 heavy (non-hydrogen) atoms. The van der Waals surface area contributed by atoms with E-state index in [0.29, 0.717) is 17.3 Å². The highest BCUT2D eigenvalue weighted by Gasteiger charge is 2.25. The third-order valence-corrected chi connectivity index (χ3v) is 10.1. The number of aliphatic imine (C=N–C) groups is 2. The Morgan fingerprint density at radius 2 is 0.846 bits per heavy atom. The van der Waals surface area contributed by atoms with Crippen molar-refractivity contribution >= 4 is 22.9 Å². The second kappa shape index (κ2) is 13.2. The normalized spacial score (nSPS) is 14.9. The summed E-state index contributed by atoms with van der Waals surface area (Å²) >= 11 is 0. The predicted octanol–water partition coefficient (Wildman–Crippen LogP) is 12.9. The minimum Gasteiger partial charge on any atom is -0.426 e. The van der Waals surface area contributed by atoms with E-state index in [1.807, 2.05) is 6.07 Å². The van der Waals surface area contributed by atoms with Crippen LogP contribution in [0.5, 0.6) is 0 Å². The Hall–Kier alpha value is -4.96. The maximum Gasteiger partial charge on any atom is 0.178 e. The van der Waals surface area contributed by atoms with Crippen molar-refractivity contribution in [2.45, 2.75) is 105 Å². The maximum absolute atomic E-state index is 12.0. The molecule has 0 spiro atoms. The van der Waals surface area contributed by atoms with Gasteiger partial charge in [0.25, 0.3) is 0 Å². The van der Waals surface area contributed by atoms with Gasteiger partial charge in [0, 0.05) is 22.3 Å². The van der Waals surface area contributed by atoms with Crippen LogP contribution < -0.4 is 0 Å². The lowest BCUT2D eigenvalue weighted by Crippen LogP contribution is -2.11. The van der Waals surface area contributed by atoms with Crippen LogP contribution in [0.4, 0.5) is 5.82 Å². The first-order chi connectivity index (χ1) is 24.2. The molecule has 2 heterocycles. The first-order valence-electron chi connectivity index (χ1n) is 18.5. The Balaban J connectivity index is 1.53. The Bertz CT molecular complexity index is 2160. The van der Waals surface area contributed by atoms with Crippen LogP contribution in [-0.4, -0.2) is 21.5 Å². The molecule has 1 aliphatic rings. The van der Waals surface area contributed by atoms with E-state index < -0.39 is 0 Å². The third-order valence-electron chi connectivity index (χ3n) is 10.1. The fourth-order valence-corrected chi connectivity index (χ4v) is 6.55. The van der Waals surface area contributed by atoms with Gasteiger partial charge in [-0.15, -0.1) is 0 Å². The molecular weight excluding hydrogens is 635 g/mol. The highest BCUT2D eigenvalue weighted by Crippen LogP contribution is 2.40. The summed E-state index contributed by atoms with van der Waals surface area (Å²) in [7, 11) is 0. The molecule has 0 aliphatic carbocycles. The Morgan fingerprint density at radius 3 is 1.25 bits per heavy atom. The monoisotopic (exact) mass is 689 g/mol. The van der Waals surface area contributed by atoms with Crippen molar-refractivity contribution in [1.82, 2.24) is 4.73 Å². The molecule has 0 fully saturated rings. The van der Waals surface area contributed by atoms with Crippen molar-refractivity contribution < 1.29 is 5.21 Å². The molecule has 1 aromatic heterocycles. The number of allylic oxidation sites excluding steroid dienone is 1. The zero-order valence-corrected chi connectivity index (χ0v) is 33.2. The number of nitrogens with zero attached hydrogens (tertiary/aromatic N) is 3. The minimum absolute atomic E-state index is 0.0206. The molecule has 0 unspecified atom stereocenters. The Morgan fingerprint density at radius 1 is 0.481 bits per heavy atom. The van der Waals surface area contributed by atoms with Crippen LogP contribution in [0.15, 0.2) is 119 Å². The Kier molecular flexibility index (Phi) is 9.36. The average Bonchev–Trinajstić information content (AvgIpc) is 3.64. The van der Waals surface area contributed by atoms with Gasteiger partial charge in [0.2, 0.25) is 0 Å². The van der Waals surface area contributed by atoms with Gasteiger partial charge in [0.05, 0.1) is 11.4 Å². The van der Waals surface area contributed by atoms with Crippen LogP contribution in [0, 0.1) is 0 Å². The van der Waals surface area contributed by atoms with Crippen LogP contribution >= 0.6 is 0 Å². The van der Waals surface area contributed by atoms with Gasteiger partial charge in [-0.1, -0.05) is 180 Å². The average molecular weight is 690 g/mol. The molecule has 1 aliphatic heterocycles. The summed E-state index contributed by atoms with van der Waals surface area (Å²) in [5, 5.41) is 12.0. The van der Waals surface area contributed by atoms with E-state index in [2.05, 4.69) is 186 Å². The molecule has 0 saturated heterocycles. The summed E-state index contributed by atoms with van der Waals surface area (Å²) in [5.74, 6) is 1.01. The molecule has 0 radical (unpaired) electrons. The molecule has 5 aromatic rings. The molecule has 1 N–H and O–H groups in total. The lowest BCUT2D eigenvalue weighted by molar-refractivity contribution is 0.197. The van der Waals surface area contributed by atoms with Crippen LogP contribution in [-0.2, 0) is 21.7 Å². The van der Waals surface area contributed by atoms with Crippen LogP contribution in [0.25, 0.3) is 28.0 Å². The van der Waals surface area contributed by atoms with Gasteiger partial charge >= 0.3 is 0 Å². The standard InChI is InChI=1S/C48H55N3O/c1-45(2,3)35-21-13-31(14-22-35)39-29-41(33-17-25-37(26-18-33)47(7,8)9)49-43(39)50-44-40(32-15-23-36(24-16-32)46(4,5)6)30-42(51(44)52)34-19-27-38(28-20-34)48(10,11)12/h13-30,52H,1-12H3/b50-43-. The highest BCUT2D eigenvalue weighted by molar-refractivity contribution is 6.38. The van der Waals surface area contributed by atoms with E-state index in [1.165, 1.54) is 27.0 Å². The zero-order chi connectivity index (χ0) is 37.8. The second-order valence-electron chi connectivity index (χ2n) is 18.4. The maximum atomic E-state index is 12.0. The van der Waals surface area contributed by atoms with Crippen molar-refractivity contribution in [3.8, 4) is 22.4 Å². The topological polar surface area (TPSA) is 49.9 Å². The number of rotatable bonds is 5. The Labute approximate surface area is 311 Å². The SMILES string of the molecule is CC(C)(C)c1ccc(C2=CC(c3ccc(C(C)(C)C)cc3)=N/C2=N\c2c(-c3ccc(C(C)(C)C)cc3)cc(-c3ccc(C(C)(C)C)cc3)n2O)cc1. The summed E-state index contributed by atoms with van der Waals surface area (Å²) in [5.41, 5.74) is 12.4. The van der Waals surface area contributed by atoms with Crippen molar-refractivity contribution in [3.05, 3.63) is 143 Å². The second-order valence-corrected chi connectivity index (χ2v) is 18.4. The van der Waals surface area contributed by atoms with Crippen LogP contribution in [0.1, 0.15) is 116 Å². The number of aromatic nitrogens is 1. The van der Waals surface area contributed by atoms with Gasteiger partial charge in [-0.05, 0) is 67.2 Å². The van der Waals surface area contributed by atoms with Crippen molar-refractivity contribution in [3.63, 3.8) is 0 Å². The highest BCUT2D eigenvalue weighted by atomic mass is 16.5. The largest absolute Gasteiger partial charge is 0.426 e. The molecule has 0 atom stereocenters. The third kappa shape index (κ3) is 7.62. The van der Waals surface area contributed by atoms with E-state index in [-0.39, 0.29) is 21.7 Å². The molecule has 0 saturated carbocycles. The minimum atomic E-state index is 0.0206. The molecule has 6 rings (SSSR count). The summed E-state index contributed by atoms with van der Waals surface area (Å²) in [6.45, 7) is 26.7. The molecule has 4 heteroatoms. The lowest BCUT2D eigenvalue weighted by atomic mass is 9.86. The molecule has 0 bridgehead atoms. The summed E-state index contributed by atoms with van der Waals surface area (Å²) in [6.07, 6.45) is 2.13. The van der Waals surface area contributed by atoms with E-state index in [1.54, 1.807) is 0 Å². The number of hydrogen-bond acceptors (Lipinski definition) is 2. The quantitative estimate of drug-likeness (QED) is 0.183. The first kappa shape index (κ1) is 36.8. The van der Waals surface area contributed by atoms with E-state index in [4.69, 9.17) is 9.98 Å². The van der Waals surface area contributed by atoms with Gasteiger partial charge in [0.1, 0.15) is 0 Å². The predicted molar refractivity (Wildman–Crippen MR) is 222 cm³/mol. The van der Waals surface area contributed by atoms with Crippen LogP contribution in [0.2, 0.25) is 0 Å². The van der Waals surface area contributed by atoms with Gasteiger partial charge in [0.15, 0.2) is 11.7 Å². The van der Waals surface area contributed by atoms with E-state index >= 15 is 0 Å². The molecule has 0 amide bonds. The van der Waals surface area contributed by atoms with E-state index in [0.717, 1.165) is 39.1 Å². The smallest absolute Gasteiger partial charge is 0.178 e. The first-order valence-corrected chi connectivity index (χ1v) is 18.5. The fourth-order valence-electron chi connectivity index (χ4n) is 6.55. The van der Waals surface area contributed by atoms with Crippen LogP contribution in [0.3, 0.4) is 0 Å². The summed E-state index contributed by atoms with van der Waals surface area (Å²) < 4.78 is 1.23. The molecular formula is C48H55N3O. The number of benzene rings is 4. The van der Waals surface area contributed by atoms with E-state index in [9.17, 15) is 5.21 Å². The van der Waals surface area contributed by atoms with Crippen molar-refractivity contribution in [2.24, 2.45) is 9.98 Å².